The maximum Gasteiger partial charge on any atom is 0.305 e. The monoisotopic (exact) mass is 749 g/mol. The van der Waals surface area contributed by atoms with Crippen molar-refractivity contribution in [3.8, 4) is 0 Å². The van der Waals surface area contributed by atoms with E-state index < -0.39 is 23.9 Å². The standard InChI is InChI=1S/C11H20O7.C10H18O7.2H2O.O.W/c12-10(13)2-1-4-16-6-8-18-9-7-17-5-3-11(14)15;11-9(12)1-3-15-5-7-17-8-6-16-4-2-10(13)14;;;;/h1-9H2,(H,12,13)(H,14,15);1-8H2,(H,11,12)(H,13,14);2*1H2;;/q;;;;-2;/p-1. The Bertz CT molecular complexity index is 505. The molecular formula is C21H41O17W-3. The van der Waals surface area contributed by atoms with E-state index in [0.29, 0.717) is 65.9 Å². The molecule has 0 fully saturated rings. The molecule has 0 bridgehead atoms. The zero-order chi connectivity index (χ0) is 26.6. The van der Waals surface area contributed by atoms with Crippen LogP contribution in [0, 0.1) is 0 Å². The number of carbonyl (C=O) groups is 4. The minimum absolute atomic E-state index is 0. The minimum atomic E-state index is -0.891. The van der Waals surface area contributed by atoms with Crippen LogP contribution in [0.4, 0.5) is 0 Å². The van der Waals surface area contributed by atoms with Crippen LogP contribution < -0.4 is 0 Å². The second kappa shape index (κ2) is 40.7. The van der Waals surface area contributed by atoms with Crippen LogP contribution >= 0.6 is 0 Å². The summed E-state index contributed by atoms with van der Waals surface area (Å²) in [5, 5.41) is 33.3. The smallest absolute Gasteiger partial charge is 0.305 e. The first-order valence-electron chi connectivity index (χ1n) is 11.1. The normalized spacial score (nSPS) is 9.33. The summed E-state index contributed by atoms with van der Waals surface area (Å²) in [5.41, 5.74) is 0. The number of aliphatic carboxylic acids is 4. The maximum absolute atomic E-state index is 10.2. The molecule has 0 amide bonds. The van der Waals surface area contributed by atoms with Crippen molar-refractivity contribution in [2.75, 3.05) is 79.3 Å². The fraction of sp³-hybridized carbons (Fsp3) is 0.810. The van der Waals surface area contributed by atoms with Gasteiger partial charge in [0.15, 0.2) is 0 Å². The fourth-order valence-corrected chi connectivity index (χ4v) is 1.89. The second-order valence-corrected chi connectivity index (χ2v) is 6.60. The molecule has 7 N–H and O–H groups in total. The summed E-state index contributed by atoms with van der Waals surface area (Å²) in [6.45, 7) is 3.90. The van der Waals surface area contributed by atoms with E-state index in [1.807, 2.05) is 0 Å². The van der Waals surface area contributed by atoms with Crippen LogP contribution in [0.15, 0.2) is 0 Å². The van der Waals surface area contributed by atoms with Gasteiger partial charge in [0.25, 0.3) is 0 Å². The third-order valence-corrected chi connectivity index (χ3v) is 3.55. The summed E-state index contributed by atoms with van der Waals surface area (Å²) in [4.78, 5) is 40.5. The SMILES string of the molecule is O.O=C(O)CCCOCCOCCOCCC(=O)O.O=C(O)CCOCCOCCOCCC(=O)O.[O-2].[OH-].[W]. The van der Waals surface area contributed by atoms with Crippen molar-refractivity contribution in [3.63, 3.8) is 0 Å². The molecule has 0 unspecified atom stereocenters. The molecule has 0 heterocycles. The van der Waals surface area contributed by atoms with Crippen molar-refractivity contribution in [3.05, 3.63) is 0 Å². The Kier molecular flexibility index (Phi) is 52.3. The first-order valence-corrected chi connectivity index (χ1v) is 11.1. The topological polar surface area (TPSA) is 295 Å². The molecule has 0 radical (unpaired) electrons. The molecule has 0 aromatic carbocycles. The van der Waals surface area contributed by atoms with Crippen molar-refractivity contribution in [1.82, 2.24) is 0 Å². The largest absolute Gasteiger partial charge is 2.00 e. The molecule has 0 saturated carbocycles. The minimum Gasteiger partial charge on any atom is -2.00 e. The van der Waals surface area contributed by atoms with Gasteiger partial charge in [-0.1, -0.05) is 0 Å². The van der Waals surface area contributed by atoms with Gasteiger partial charge in [-0.05, 0) is 6.42 Å². The van der Waals surface area contributed by atoms with Crippen LogP contribution in [0.1, 0.15) is 32.1 Å². The predicted molar refractivity (Wildman–Crippen MR) is 125 cm³/mol. The number of rotatable bonds is 25. The quantitative estimate of drug-likeness (QED) is 0.0834. The number of carboxylic acid groups (broad SMARTS) is 4. The number of ether oxygens (including phenoxy) is 6. The molecule has 0 aliphatic carbocycles. The van der Waals surface area contributed by atoms with Gasteiger partial charge in [-0.25, -0.2) is 0 Å². The van der Waals surface area contributed by atoms with E-state index >= 15 is 0 Å². The van der Waals surface area contributed by atoms with E-state index in [9.17, 15) is 19.2 Å². The Labute approximate surface area is 240 Å². The Morgan fingerprint density at radius 2 is 0.615 bits per heavy atom. The summed E-state index contributed by atoms with van der Waals surface area (Å²) in [7, 11) is 0. The second-order valence-electron chi connectivity index (χ2n) is 6.60. The van der Waals surface area contributed by atoms with E-state index in [1.54, 1.807) is 0 Å². The molecular weight excluding hydrogens is 708 g/mol. The Hall–Kier alpha value is -1.79. The van der Waals surface area contributed by atoms with Gasteiger partial charge in [-0.3, -0.25) is 19.2 Å². The van der Waals surface area contributed by atoms with Gasteiger partial charge in [0.05, 0.1) is 91.9 Å². The van der Waals surface area contributed by atoms with Gasteiger partial charge in [0, 0.05) is 34.1 Å². The summed E-state index contributed by atoms with van der Waals surface area (Å²) in [6, 6.07) is 0. The van der Waals surface area contributed by atoms with Crippen molar-refractivity contribution in [2.24, 2.45) is 0 Å². The molecule has 0 aliphatic rings. The zero-order valence-electron chi connectivity index (χ0n) is 21.7. The van der Waals surface area contributed by atoms with Crippen LogP contribution in [-0.4, -0.2) is 135 Å². The summed E-state index contributed by atoms with van der Waals surface area (Å²) < 4.78 is 30.4. The van der Waals surface area contributed by atoms with Crippen molar-refractivity contribution in [1.29, 1.82) is 0 Å². The molecule has 39 heavy (non-hydrogen) atoms. The van der Waals surface area contributed by atoms with Crippen LogP contribution in [-0.2, 0) is 74.1 Å². The average Bonchev–Trinajstić information content (AvgIpc) is 2.78. The van der Waals surface area contributed by atoms with E-state index in [-0.39, 0.29) is 83.0 Å². The van der Waals surface area contributed by atoms with Crippen LogP contribution in [0.2, 0.25) is 0 Å². The van der Waals surface area contributed by atoms with Crippen LogP contribution in [0.25, 0.3) is 0 Å². The molecule has 0 aromatic rings. The Balaban J connectivity index is -0.000000127. The van der Waals surface area contributed by atoms with E-state index in [0.717, 1.165) is 0 Å². The first kappa shape index (κ1) is 50.1. The molecule has 0 aromatic heterocycles. The summed E-state index contributed by atoms with van der Waals surface area (Å²) >= 11 is 0. The van der Waals surface area contributed by atoms with E-state index in [2.05, 4.69) is 0 Å². The van der Waals surface area contributed by atoms with Crippen LogP contribution in [0.5, 0.6) is 0 Å². The predicted octanol–water partition coefficient (Wildman–Crippen LogP) is -0.761. The third kappa shape index (κ3) is 57.2. The molecule has 18 heteroatoms. The average molecular weight is 749 g/mol. The molecule has 236 valence electrons. The molecule has 0 atom stereocenters. The van der Waals surface area contributed by atoms with Crippen molar-refractivity contribution >= 4 is 23.9 Å². The third-order valence-electron chi connectivity index (χ3n) is 3.55. The van der Waals surface area contributed by atoms with Gasteiger partial charge in [0.1, 0.15) is 0 Å². The number of hydrogen-bond donors (Lipinski definition) is 4. The van der Waals surface area contributed by atoms with E-state index in [1.165, 1.54) is 0 Å². The maximum atomic E-state index is 10.2. The molecule has 0 aliphatic heterocycles. The van der Waals surface area contributed by atoms with Crippen molar-refractivity contribution < 1.29 is 106 Å². The van der Waals surface area contributed by atoms with Gasteiger partial charge < -0.3 is 65.3 Å². The molecule has 0 rings (SSSR count). The van der Waals surface area contributed by atoms with Crippen molar-refractivity contribution in [2.45, 2.75) is 32.1 Å². The Morgan fingerprint density at radius 3 is 0.846 bits per heavy atom. The van der Waals surface area contributed by atoms with Gasteiger partial charge in [0.2, 0.25) is 0 Å². The summed E-state index contributed by atoms with van der Waals surface area (Å²) in [6.07, 6.45) is 0.565. The number of hydrogen-bond acceptors (Lipinski definition) is 11. The Morgan fingerprint density at radius 1 is 0.410 bits per heavy atom. The molecule has 0 spiro atoms. The van der Waals surface area contributed by atoms with Gasteiger partial charge in [-0.2, -0.15) is 0 Å². The number of carboxylic acids is 4. The summed E-state index contributed by atoms with van der Waals surface area (Å²) in [5.74, 6) is -3.49. The van der Waals surface area contributed by atoms with E-state index in [4.69, 9.17) is 48.8 Å². The zero-order valence-corrected chi connectivity index (χ0v) is 24.6. The molecule has 0 saturated heterocycles. The van der Waals surface area contributed by atoms with Crippen LogP contribution in [0.3, 0.4) is 0 Å². The van der Waals surface area contributed by atoms with Gasteiger partial charge in [-0.15, -0.1) is 0 Å². The molecule has 17 nitrogen and oxygen atoms in total. The first-order chi connectivity index (χ1) is 16.8. The fourth-order valence-electron chi connectivity index (χ4n) is 1.89. The van der Waals surface area contributed by atoms with Gasteiger partial charge >= 0.3 is 23.9 Å².